The zero-order valence-electron chi connectivity index (χ0n) is 18.0. The Hall–Kier alpha value is -3.29. The highest BCUT2D eigenvalue weighted by atomic mass is 19.3. The monoisotopic (exact) mass is 428 g/mol. The lowest BCUT2D eigenvalue weighted by Crippen LogP contribution is -2.42. The van der Waals surface area contributed by atoms with E-state index >= 15 is 0 Å². The number of aryl methyl sites for hydroxylation is 1. The number of halogens is 2. The first kappa shape index (κ1) is 22.4. The number of alkyl halides is 2. The lowest BCUT2D eigenvalue weighted by Gasteiger charge is -2.28. The number of rotatable bonds is 8. The number of hydrogen-bond donors (Lipinski definition) is 0. The molecule has 0 bridgehead atoms. The smallest absolute Gasteiger partial charge is 0.272 e. The summed E-state index contributed by atoms with van der Waals surface area (Å²) in [6, 6.07) is 9.86. The topological polar surface area (TPSA) is 60.2 Å². The Labute approximate surface area is 180 Å². The van der Waals surface area contributed by atoms with Crippen LogP contribution in [0.25, 0.3) is 11.1 Å². The predicted molar refractivity (Wildman–Crippen MR) is 114 cm³/mol. The molecule has 1 amide bonds. The maximum absolute atomic E-state index is 13.3. The summed E-state index contributed by atoms with van der Waals surface area (Å²) in [4.78, 5) is 19.0. The van der Waals surface area contributed by atoms with Gasteiger partial charge in [0.05, 0.1) is 12.2 Å². The van der Waals surface area contributed by atoms with Crippen LogP contribution < -0.4 is 4.74 Å². The molecule has 0 N–H and O–H groups in total. The molecule has 1 atom stereocenters. The fourth-order valence-electron chi connectivity index (χ4n) is 3.31. The van der Waals surface area contributed by atoms with Crippen molar-refractivity contribution in [2.75, 3.05) is 13.2 Å². The van der Waals surface area contributed by atoms with Crippen molar-refractivity contribution in [3.63, 3.8) is 0 Å². The quantitative estimate of drug-likeness (QED) is 0.529. The van der Waals surface area contributed by atoms with E-state index in [0.29, 0.717) is 12.1 Å². The summed E-state index contributed by atoms with van der Waals surface area (Å²) in [5.74, 6) is -2.84. The van der Waals surface area contributed by atoms with E-state index in [-0.39, 0.29) is 30.0 Å². The van der Waals surface area contributed by atoms with E-state index in [1.54, 1.807) is 21.8 Å². The Kier molecular flexibility index (Phi) is 6.68. The van der Waals surface area contributed by atoms with Crippen LogP contribution in [0.4, 0.5) is 8.78 Å². The Morgan fingerprint density at radius 2 is 1.97 bits per heavy atom. The minimum absolute atomic E-state index is 0.119. The van der Waals surface area contributed by atoms with Crippen molar-refractivity contribution in [3.8, 4) is 17.0 Å². The number of nitrogens with zero attached hydrogens (tertiary/aromatic N) is 4. The highest BCUT2D eigenvalue weighted by molar-refractivity contribution is 6.00. The number of likely N-dealkylation sites (N-methyl/N-ethyl adjacent to an activating group) is 1. The SMILES string of the molecule is CCN(C(=O)c1ccccc1-c1cnn(C)c1)[C@@H](C)COc1ccc(C(C)(F)F)cn1. The number of amides is 1. The zero-order chi connectivity index (χ0) is 22.6. The normalized spacial score (nSPS) is 12.5. The van der Waals surface area contributed by atoms with Gasteiger partial charge in [0.2, 0.25) is 5.88 Å². The third kappa shape index (κ3) is 5.25. The van der Waals surface area contributed by atoms with Crippen molar-refractivity contribution in [2.45, 2.75) is 32.7 Å². The predicted octanol–water partition coefficient (Wildman–Crippen LogP) is 4.52. The average molecular weight is 428 g/mol. The van der Waals surface area contributed by atoms with Gasteiger partial charge in [-0.15, -0.1) is 0 Å². The van der Waals surface area contributed by atoms with Crippen molar-refractivity contribution in [1.29, 1.82) is 0 Å². The van der Waals surface area contributed by atoms with Crippen molar-refractivity contribution >= 4 is 5.91 Å². The van der Waals surface area contributed by atoms with Crippen LogP contribution in [0.2, 0.25) is 0 Å². The first-order valence-electron chi connectivity index (χ1n) is 10.1. The third-order valence-electron chi connectivity index (χ3n) is 5.02. The second-order valence-electron chi connectivity index (χ2n) is 7.47. The molecular formula is C23H26F2N4O2. The van der Waals surface area contributed by atoms with Crippen LogP contribution >= 0.6 is 0 Å². The minimum Gasteiger partial charge on any atom is -0.475 e. The molecule has 2 heterocycles. The van der Waals surface area contributed by atoms with E-state index < -0.39 is 5.92 Å². The van der Waals surface area contributed by atoms with E-state index in [1.807, 2.05) is 45.3 Å². The number of carbonyl (C=O) groups excluding carboxylic acids is 1. The maximum Gasteiger partial charge on any atom is 0.272 e. The molecule has 0 radical (unpaired) electrons. The Balaban J connectivity index is 1.72. The summed E-state index contributed by atoms with van der Waals surface area (Å²) in [7, 11) is 1.83. The summed E-state index contributed by atoms with van der Waals surface area (Å²) in [5.41, 5.74) is 2.08. The number of pyridine rings is 1. The molecule has 3 aromatic rings. The number of carbonyl (C=O) groups is 1. The van der Waals surface area contributed by atoms with Gasteiger partial charge in [-0.3, -0.25) is 9.48 Å². The fraction of sp³-hybridized carbons (Fsp3) is 0.348. The van der Waals surface area contributed by atoms with Gasteiger partial charge < -0.3 is 9.64 Å². The number of hydrogen-bond acceptors (Lipinski definition) is 4. The van der Waals surface area contributed by atoms with Gasteiger partial charge >= 0.3 is 0 Å². The van der Waals surface area contributed by atoms with Crippen LogP contribution in [-0.4, -0.2) is 44.8 Å². The molecule has 0 aliphatic carbocycles. The van der Waals surface area contributed by atoms with Crippen LogP contribution in [-0.2, 0) is 13.0 Å². The lowest BCUT2D eigenvalue weighted by atomic mass is 10.0. The second kappa shape index (κ2) is 9.24. The highest BCUT2D eigenvalue weighted by Crippen LogP contribution is 2.27. The first-order valence-corrected chi connectivity index (χ1v) is 10.1. The molecule has 8 heteroatoms. The van der Waals surface area contributed by atoms with Gasteiger partial charge in [0.1, 0.15) is 6.61 Å². The lowest BCUT2D eigenvalue weighted by molar-refractivity contribution is 0.0169. The standard InChI is InChI=1S/C23H26F2N4O2/c1-5-29(16(2)15-31-21-11-10-18(13-26-21)23(3,24)25)22(30)20-9-7-6-8-19(20)17-12-27-28(4)14-17/h6-14,16H,5,15H2,1-4H3/t16-/m0/s1. The molecule has 0 fully saturated rings. The van der Waals surface area contributed by atoms with Gasteiger partial charge in [-0.25, -0.2) is 13.8 Å². The van der Waals surface area contributed by atoms with E-state index in [4.69, 9.17) is 4.74 Å². The zero-order valence-corrected chi connectivity index (χ0v) is 18.0. The van der Waals surface area contributed by atoms with E-state index in [2.05, 4.69) is 10.1 Å². The second-order valence-corrected chi connectivity index (χ2v) is 7.47. The van der Waals surface area contributed by atoms with Crippen molar-refractivity contribution in [1.82, 2.24) is 19.7 Å². The molecule has 0 aliphatic heterocycles. The summed E-state index contributed by atoms with van der Waals surface area (Å²) in [6.07, 6.45) is 4.70. The molecule has 164 valence electrons. The largest absolute Gasteiger partial charge is 0.475 e. The highest BCUT2D eigenvalue weighted by Gasteiger charge is 2.25. The maximum atomic E-state index is 13.3. The molecule has 1 aromatic carbocycles. The van der Waals surface area contributed by atoms with Gasteiger partial charge in [-0.05, 0) is 31.5 Å². The van der Waals surface area contributed by atoms with Gasteiger partial charge in [0.15, 0.2) is 0 Å². The fourth-order valence-corrected chi connectivity index (χ4v) is 3.31. The molecule has 0 spiro atoms. The van der Waals surface area contributed by atoms with Crippen molar-refractivity contribution < 1.29 is 18.3 Å². The molecule has 6 nitrogen and oxygen atoms in total. The van der Waals surface area contributed by atoms with E-state index in [1.165, 1.54) is 12.1 Å². The van der Waals surface area contributed by atoms with Crippen LogP contribution in [0.5, 0.6) is 5.88 Å². The third-order valence-corrected chi connectivity index (χ3v) is 5.02. The molecular weight excluding hydrogens is 402 g/mol. The summed E-state index contributed by atoms with van der Waals surface area (Å²) < 4.78 is 34.0. The minimum atomic E-state index is -2.95. The van der Waals surface area contributed by atoms with Crippen molar-refractivity contribution in [2.24, 2.45) is 7.05 Å². The number of aromatic nitrogens is 3. The molecule has 3 rings (SSSR count). The molecule has 2 aromatic heterocycles. The van der Waals surface area contributed by atoms with Crippen LogP contribution in [0.15, 0.2) is 55.0 Å². The summed E-state index contributed by atoms with van der Waals surface area (Å²) >= 11 is 0. The van der Waals surface area contributed by atoms with Crippen LogP contribution in [0, 0.1) is 0 Å². The molecule has 0 saturated carbocycles. The van der Waals surface area contributed by atoms with Gasteiger partial charge in [-0.1, -0.05) is 18.2 Å². The van der Waals surface area contributed by atoms with Crippen molar-refractivity contribution in [3.05, 3.63) is 66.1 Å². The average Bonchev–Trinajstić information content (AvgIpc) is 3.18. The van der Waals surface area contributed by atoms with Gasteiger partial charge in [0, 0.05) is 55.7 Å². The van der Waals surface area contributed by atoms with Gasteiger partial charge in [-0.2, -0.15) is 5.10 Å². The summed E-state index contributed by atoms with van der Waals surface area (Å²) in [6.45, 7) is 5.27. The van der Waals surface area contributed by atoms with Crippen LogP contribution in [0.3, 0.4) is 0 Å². The Morgan fingerprint density at radius 1 is 1.23 bits per heavy atom. The summed E-state index contributed by atoms with van der Waals surface area (Å²) in [5, 5.41) is 4.20. The Morgan fingerprint density at radius 3 is 2.55 bits per heavy atom. The number of benzene rings is 1. The molecule has 31 heavy (non-hydrogen) atoms. The molecule has 0 aliphatic rings. The first-order chi connectivity index (χ1) is 14.7. The molecule has 0 unspecified atom stereocenters. The number of ether oxygens (including phenoxy) is 1. The van der Waals surface area contributed by atoms with Crippen LogP contribution in [0.1, 0.15) is 36.7 Å². The molecule has 0 saturated heterocycles. The Bertz CT molecular complexity index is 1030. The van der Waals surface area contributed by atoms with E-state index in [9.17, 15) is 13.6 Å². The van der Waals surface area contributed by atoms with E-state index in [0.717, 1.165) is 24.2 Å². The van der Waals surface area contributed by atoms with Gasteiger partial charge in [0.25, 0.3) is 11.8 Å².